The van der Waals surface area contributed by atoms with E-state index in [2.05, 4.69) is 6.58 Å². The van der Waals surface area contributed by atoms with E-state index >= 15 is 0 Å². The van der Waals surface area contributed by atoms with Crippen molar-refractivity contribution in [2.24, 2.45) is 0 Å². The topological polar surface area (TPSA) is 61.8 Å². The third-order valence-electron chi connectivity index (χ3n) is 4.81. The van der Waals surface area contributed by atoms with Crippen molar-refractivity contribution in [3.8, 4) is 0 Å². The van der Waals surface area contributed by atoms with Crippen LogP contribution in [0.25, 0.3) is 0 Å². The van der Waals surface area contributed by atoms with Crippen molar-refractivity contribution in [1.82, 2.24) is 0 Å². The Morgan fingerprint density at radius 3 is 2.21 bits per heavy atom. The summed E-state index contributed by atoms with van der Waals surface area (Å²) in [5, 5.41) is 0. The summed E-state index contributed by atoms with van der Waals surface area (Å²) in [4.78, 5) is 22.2. The van der Waals surface area contributed by atoms with Crippen LogP contribution in [-0.2, 0) is 23.8 Å². The van der Waals surface area contributed by atoms with Crippen LogP contribution in [0.3, 0.4) is 0 Å². The van der Waals surface area contributed by atoms with E-state index in [-0.39, 0.29) is 17.8 Å². The first-order valence-electron chi connectivity index (χ1n) is 9.07. The molecule has 5 nitrogen and oxygen atoms in total. The Morgan fingerprint density at radius 2 is 1.62 bits per heavy atom. The number of hydrogen-bond acceptors (Lipinski definition) is 5. The summed E-state index contributed by atoms with van der Waals surface area (Å²) in [5.74, 6) is 0.766. The molecule has 0 aromatic carbocycles. The lowest BCUT2D eigenvalue weighted by atomic mass is 9.97. The van der Waals surface area contributed by atoms with E-state index in [1.54, 1.807) is 0 Å². The smallest absolute Gasteiger partial charge is 0.341 e. The van der Waals surface area contributed by atoms with Gasteiger partial charge < -0.3 is 14.2 Å². The molecule has 0 aliphatic heterocycles. The maximum atomic E-state index is 12.0. The summed E-state index contributed by atoms with van der Waals surface area (Å²) >= 11 is 0. The lowest BCUT2D eigenvalue weighted by Gasteiger charge is -2.30. The van der Waals surface area contributed by atoms with Gasteiger partial charge in [0, 0.05) is 0 Å². The van der Waals surface area contributed by atoms with Crippen molar-refractivity contribution in [3.05, 3.63) is 18.4 Å². The number of ether oxygens (including phenoxy) is 3. The molecule has 2 rings (SSSR count). The first kappa shape index (κ1) is 18.9. The summed E-state index contributed by atoms with van der Waals surface area (Å²) in [5.41, 5.74) is 0.197. The molecule has 0 aromatic rings. The average Bonchev–Trinajstić information content (AvgIpc) is 2.64. The molecule has 134 valence electrons. The van der Waals surface area contributed by atoms with Crippen LogP contribution < -0.4 is 0 Å². The van der Waals surface area contributed by atoms with Crippen LogP contribution in [0.5, 0.6) is 0 Å². The highest BCUT2D eigenvalue weighted by Crippen LogP contribution is 2.25. The van der Waals surface area contributed by atoms with Crippen molar-refractivity contribution in [2.45, 2.75) is 82.5 Å². The second-order valence-corrected chi connectivity index (χ2v) is 6.64. The maximum Gasteiger partial charge on any atom is 0.341 e. The third-order valence-corrected chi connectivity index (χ3v) is 4.81. The summed E-state index contributed by atoms with van der Waals surface area (Å²) in [7, 11) is 0. The van der Waals surface area contributed by atoms with E-state index in [4.69, 9.17) is 14.2 Å². The van der Waals surface area contributed by atoms with Crippen LogP contribution in [0.4, 0.5) is 0 Å². The Kier molecular flexibility index (Phi) is 8.23. The van der Waals surface area contributed by atoms with Crippen LogP contribution in [0.1, 0.15) is 64.2 Å². The van der Waals surface area contributed by atoms with Crippen molar-refractivity contribution in [1.29, 1.82) is 0 Å². The third kappa shape index (κ3) is 6.23. The second-order valence-electron chi connectivity index (χ2n) is 6.64. The first-order chi connectivity index (χ1) is 11.7. The van der Waals surface area contributed by atoms with Crippen molar-refractivity contribution >= 4 is 11.9 Å². The van der Waals surface area contributed by atoms with E-state index in [9.17, 15) is 9.59 Å². The molecule has 5 heteroatoms. The molecule has 0 amide bonds. The van der Waals surface area contributed by atoms with Gasteiger partial charge in [-0.1, -0.05) is 45.1 Å². The molecule has 0 saturated heterocycles. The predicted octanol–water partition coefficient (Wildman–Crippen LogP) is 3.50. The van der Waals surface area contributed by atoms with Gasteiger partial charge >= 0.3 is 5.97 Å². The van der Waals surface area contributed by atoms with Crippen molar-refractivity contribution in [2.75, 3.05) is 6.61 Å². The fourth-order valence-electron chi connectivity index (χ4n) is 3.40. The minimum absolute atomic E-state index is 0.130. The Morgan fingerprint density at radius 1 is 1.04 bits per heavy atom. The fourth-order valence-corrected chi connectivity index (χ4v) is 3.40. The van der Waals surface area contributed by atoms with Gasteiger partial charge in [-0.15, -0.1) is 0 Å². The average molecular weight is 336 g/mol. The van der Waals surface area contributed by atoms with Gasteiger partial charge in [-0.25, -0.2) is 9.59 Å². The standard InChI is InChI=1S/C19H28O5/c1-15(19(21)22-13-12-20)18(24-17-10-6-3-7-11-17)14-23-16-8-4-2-5-9-16/h13,16-18H,1-11,14H2. The lowest BCUT2D eigenvalue weighted by molar-refractivity contribution is -0.137. The molecule has 2 saturated carbocycles. The molecule has 0 spiro atoms. The summed E-state index contributed by atoms with van der Waals surface area (Å²) in [6, 6.07) is 0. The fraction of sp³-hybridized carbons (Fsp3) is 0.737. The minimum Gasteiger partial charge on any atom is -0.419 e. The van der Waals surface area contributed by atoms with Gasteiger partial charge in [0.1, 0.15) is 6.10 Å². The summed E-state index contributed by atoms with van der Waals surface area (Å²) in [6.45, 7) is 4.11. The zero-order valence-electron chi connectivity index (χ0n) is 14.3. The molecule has 0 bridgehead atoms. The van der Waals surface area contributed by atoms with E-state index in [0.717, 1.165) is 38.5 Å². The monoisotopic (exact) mass is 336 g/mol. The van der Waals surface area contributed by atoms with Crippen LogP contribution in [0, 0.1) is 0 Å². The Labute approximate surface area is 144 Å². The molecular formula is C19H28O5. The van der Waals surface area contributed by atoms with Gasteiger partial charge in [-0.05, 0) is 25.7 Å². The molecule has 0 radical (unpaired) electrons. The SMILES string of the molecule is C=C(C(=O)OC=C=O)C(COC1CCCCC1)OC1CCCCC1. The van der Waals surface area contributed by atoms with Gasteiger partial charge in [0.2, 0.25) is 0 Å². The highest BCUT2D eigenvalue weighted by Gasteiger charge is 2.27. The number of hydrogen-bond donors (Lipinski definition) is 0. The maximum absolute atomic E-state index is 12.0. The first-order valence-corrected chi connectivity index (χ1v) is 9.07. The van der Waals surface area contributed by atoms with Crippen LogP contribution in [0.15, 0.2) is 18.4 Å². The van der Waals surface area contributed by atoms with Crippen LogP contribution >= 0.6 is 0 Å². The molecule has 1 unspecified atom stereocenters. The van der Waals surface area contributed by atoms with Crippen LogP contribution in [-0.4, -0.2) is 36.8 Å². The van der Waals surface area contributed by atoms with Crippen molar-refractivity contribution in [3.63, 3.8) is 0 Å². The molecular weight excluding hydrogens is 308 g/mol. The Hall–Kier alpha value is -1.42. The molecule has 0 aromatic heterocycles. The van der Waals surface area contributed by atoms with Gasteiger partial charge in [0.25, 0.3) is 0 Å². The van der Waals surface area contributed by atoms with E-state index in [1.807, 2.05) is 0 Å². The molecule has 0 heterocycles. The van der Waals surface area contributed by atoms with Crippen molar-refractivity contribution < 1.29 is 23.8 Å². The van der Waals surface area contributed by atoms with Gasteiger partial charge in [0.05, 0.1) is 24.4 Å². The molecule has 0 N–H and O–H groups in total. The Bertz CT molecular complexity index is 454. The van der Waals surface area contributed by atoms with Gasteiger partial charge in [-0.2, -0.15) is 0 Å². The van der Waals surface area contributed by atoms with E-state index in [1.165, 1.54) is 31.6 Å². The van der Waals surface area contributed by atoms with Gasteiger partial charge in [-0.3, -0.25) is 0 Å². The highest BCUT2D eigenvalue weighted by atomic mass is 16.6. The normalized spacial score (nSPS) is 20.8. The van der Waals surface area contributed by atoms with Gasteiger partial charge in [0.15, 0.2) is 12.2 Å². The number of rotatable bonds is 8. The molecule has 2 fully saturated rings. The quantitative estimate of drug-likeness (QED) is 0.294. The second kappa shape index (κ2) is 10.4. The highest BCUT2D eigenvalue weighted by molar-refractivity contribution is 5.89. The summed E-state index contributed by atoms with van der Waals surface area (Å²) < 4.78 is 16.8. The minimum atomic E-state index is -0.661. The zero-order valence-corrected chi connectivity index (χ0v) is 14.3. The number of carbonyl (C=O) groups excluding carboxylic acids is 2. The van der Waals surface area contributed by atoms with Crippen LogP contribution in [0.2, 0.25) is 0 Å². The molecule has 24 heavy (non-hydrogen) atoms. The Balaban J connectivity index is 1.91. The van der Waals surface area contributed by atoms with E-state index < -0.39 is 12.1 Å². The molecule has 2 aliphatic rings. The largest absolute Gasteiger partial charge is 0.419 e. The molecule has 1 atom stereocenters. The number of esters is 1. The predicted molar refractivity (Wildman–Crippen MR) is 90.1 cm³/mol. The number of carbonyl (C=O) groups is 1. The molecule has 2 aliphatic carbocycles. The summed E-state index contributed by atoms with van der Waals surface area (Å²) in [6.07, 6.45) is 11.8. The van der Waals surface area contributed by atoms with E-state index in [0.29, 0.717) is 12.9 Å². The lowest BCUT2D eigenvalue weighted by Crippen LogP contribution is -2.34. The zero-order chi connectivity index (χ0) is 17.2.